The predicted molar refractivity (Wildman–Crippen MR) is 83.9 cm³/mol. The van der Waals surface area contributed by atoms with Crippen molar-refractivity contribution >= 4 is 5.91 Å². The molecular weight excluding hydrogens is 262 g/mol. The molecule has 0 atom stereocenters. The quantitative estimate of drug-likeness (QED) is 0.867. The molecule has 1 N–H and O–H groups in total. The number of hydrogen-bond donors (Lipinski definition) is 1. The second-order valence-corrected chi connectivity index (χ2v) is 5.73. The SMILES string of the molecule is CN(CC1CCCCC1)C(=O)c1ccc(C#CCO)cc1. The van der Waals surface area contributed by atoms with E-state index in [1.807, 2.05) is 24.1 Å². The molecule has 1 aromatic rings. The van der Waals surface area contributed by atoms with E-state index in [9.17, 15) is 4.79 Å². The number of aliphatic hydroxyl groups is 1. The highest BCUT2D eigenvalue weighted by atomic mass is 16.2. The van der Waals surface area contributed by atoms with Gasteiger partial charge in [0.1, 0.15) is 6.61 Å². The van der Waals surface area contributed by atoms with Crippen LogP contribution in [-0.4, -0.2) is 36.1 Å². The van der Waals surface area contributed by atoms with Crippen LogP contribution >= 0.6 is 0 Å². The van der Waals surface area contributed by atoms with Gasteiger partial charge in [-0.05, 0) is 43.0 Å². The van der Waals surface area contributed by atoms with Crippen molar-refractivity contribution < 1.29 is 9.90 Å². The highest BCUT2D eigenvalue weighted by Crippen LogP contribution is 2.24. The summed E-state index contributed by atoms with van der Waals surface area (Å²) in [6.07, 6.45) is 6.42. The van der Waals surface area contributed by atoms with Gasteiger partial charge >= 0.3 is 0 Å². The lowest BCUT2D eigenvalue weighted by atomic mass is 9.89. The van der Waals surface area contributed by atoms with Crippen molar-refractivity contribution in [3.05, 3.63) is 35.4 Å². The number of amides is 1. The molecule has 1 fully saturated rings. The first-order valence-electron chi connectivity index (χ1n) is 7.66. The summed E-state index contributed by atoms with van der Waals surface area (Å²) in [6, 6.07) is 7.26. The summed E-state index contributed by atoms with van der Waals surface area (Å²) in [4.78, 5) is 14.2. The molecule has 0 aliphatic heterocycles. The molecule has 21 heavy (non-hydrogen) atoms. The second kappa shape index (κ2) is 7.85. The molecule has 2 rings (SSSR count). The van der Waals surface area contributed by atoms with E-state index in [0.29, 0.717) is 11.5 Å². The third-order valence-electron chi connectivity index (χ3n) is 4.05. The van der Waals surface area contributed by atoms with Crippen molar-refractivity contribution in [2.45, 2.75) is 32.1 Å². The molecule has 0 heterocycles. The Kier molecular flexibility index (Phi) is 5.83. The number of nitrogens with zero attached hydrogens (tertiary/aromatic N) is 1. The summed E-state index contributed by atoms with van der Waals surface area (Å²) >= 11 is 0. The molecule has 1 amide bonds. The van der Waals surface area contributed by atoms with Crippen LogP contribution in [0.2, 0.25) is 0 Å². The fraction of sp³-hybridized carbons (Fsp3) is 0.500. The standard InChI is InChI=1S/C18H23NO2/c1-19(14-16-6-3-2-4-7-16)18(21)17-11-9-15(10-12-17)8-5-13-20/h9-12,16,20H,2-4,6-7,13-14H2,1H3. The Bertz CT molecular complexity index is 518. The van der Waals surface area contributed by atoms with Crippen LogP contribution in [0.1, 0.15) is 48.0 Å². The van der Waals surface area contributed by atoms with Gasteiger partial charge in [0.05, 0.1) is 0 Å². The maximum Gasteiger partial charge on any atom is 0.253 e. The average molecular weight is 285 g/mol. The number of benzene rings is 1. The number of aliphatic hydroxyl groups excluding tert-OH is 1. The molecule has 1 aromatic carbocycles. The van der Waals surface area contributed by atoms with Crippen LogP contribution in [-0.2, 0) is 0 Å². The zero-order valence-electron chi connectivity index (χ0n) is 12.6. The molecule has 3 nitrogen and oxygen atoms in total. The Balaban J connectivity index is 1.94. The molecule has 1 saturated carbocycles. The van der Waals surface area contributed by atoms with E-state index in [-0.39, 0.29) is 12.5 Å². The van der Waals surface area contributed by atoms with Crippen molar-refractivity contribution in [2.24, 2.45) is 5.92 Å². The number of carbonyl (C=O) groups excluding carboxylic acids is 1. The number of hydrogen-bond acceptors (Lipinski definition) is 2. The lowest BCUT2D eigenvalue weighted by molar-refractivity contribution is 0.0760. The molecule has 0 bridgehead atoms. The van der Waals surface area contributed by atoms with Gasteiger partial charge in [-0.2, -0.15) is 0 Å². The molecule has 1 aliphatic carbocycles. The summed E-state index contributed by atoms with van der Waals surface area (Å²) in [5.41, 5.74) is 1.51. The molecule has 1 aliphatic rings. The summed E-state index contributed by atoms with van der Waals surface area (Å²) in [5, 5.41) is 8.66. The fourth-order valence-electron chi connectivity index (χ4n) is 2.90. The van der Waals surface area contributed by atoms with Gasteiger partial charge in [-0.1, -0.05) is 31.1 Å². The molecule has 0 spiro atoms. The van der Waals surface area contributed by atoms with Crippen LogP contribution in [0, 0.1) is 17.8 Å². The summed E-state index contributed by atoms with van der Waals surface area (Å²) in [5.74, 6) is 6.16. The van der Waals surface area contributed by atoms with Gasteiger partial charge in [-0.25, -0.2) is 0 Å². The number of rotatable bonds is 3. The van der Waals surface area contributed by atoms with Crippen molar-refractivity contribution in [1.29, 1.82) is 0 Å². The first kappa shape index (κ1) is 15.6. The van der Waals surface area contributed by atoms with Crippen molar-refractivity contribution in [3.63, 3.8) is 0 Å². The lowest BCUT2D eigenvalue weighted by Crippen LogP contribution is -2.32. The van der Waals surface area contributed by atoms with E-state index in [1.54, 1.807) is 12.1 Å². The van der Waals surface area contributed by atoms with Crippen LogP contribution in [0.15, 0.2) is 24.3 Å². The van der Waals surface area contributed by atoms with Crippen LogP contribution in [0.25, 0.3) is 0 Å². The molecule has 0 aromatic heterocycles. The predicted octanol–water partition coefficient (Wildman–Crippen LogP) is 2.68. The number of carbonyl (C=O) groups is 1. The van der Waals surface area contributed by atoms with E-state index in [1.165, 1.54) is 32.1 Å². The van der Waals surface area contributed by atoms with Gasteiger partial charge in [0.2, 0.25) is 0 Å². The van der Waals surface area contributed by atoms with Crippen LogP contribution in [0.3, 0.4) is 0 Å². The zero-order chi connectivity index (χ0) is 15.1. The Morgan fingerprint density at radius 3 is 2.52 bits per heavy atom. The minimum Gasteiger partial charge on any atom is -0.384 e. The molecule has 3 heteroatoms. The van der Waals surface area contributed by atoms with Crippen LogP contribution in [0.4, 0.5) is 0 Å². The monoisotopic (exact) mass is 285 g/mol. The first-order chi connectivity index (χ1) is 10.2. The topological polar surface area (TPSA) is 40.5 Å². The molecule has 112 valence electrons. The van der Waals surface area contributed by atoms with Gasteiger partial charge in [-0.15, -0.1) is 0 Å². The molecule has 0 unspecified atom stereocenters. The van der Waals surface area contributed by atoms with Crippen molar-refractivity contribution in [2.75, 3.05) is 20.2 Å². The largest absolute Gasteiger partial charge is 0.384 e. The third-order valence-corrected chi connectivity index (χ3v) is 4.05. The third kappa shape index (κ3) is 4.61. The minimum absolute atomic E-state index is 0.0715. The zero-order valence-corrected chi connectivity index (χ0v) is 12.6. The van der Waals surface area contributed by atoms with Gasteiger partial charge in [0, 0.05) is 24.7 Å². The molecule has 0 saturated heterocycles. The van der Waals surface area contributed by atoms with Crippen LogP contribution < -0.4 is 0 Å². The Morgan fingerprint density at radius 1 is 1.24 bits per heavy atom. The Labute approximate surface area is 127 Å². The summed E-state index contributed by atoms with van der Waals surface area (Å²) in [6.45, 7) is 0.704. The van der Waals surface area contributed by atoms with E-state index in [2.05, 4.69) is 11.8 Å². The van der Waals surface area contributed by atoms with Gasteiger partial charge in [0.15, 0.2) is 0 Å². The van der Waals surface area contributed by atoms with Crippen molar-refractivity contribution in [3.8, 4) is 11.8 Å². The van der Waals surface area contributed by atoms with E-state index in [4.69, 9.17) is 5.11 Å². The Hall–Kier alpha value is -1.79. The maximum atomic E-state index is 12.4. The highest BCUT2D eigenvalue weighted by Gasteiger charge is 2.19. The summed E-state index contributed by atoms with van der Waals surface area (Å²) in [7, 11) is 1.89. The molecular formula is C18H23NO2. The first-order valence-corrected chi connectivity index (χ1v) is 7.66. The van der Waals surface area contributed by atoms with Gasteiger partial charge < -0.3 is 10.0 Å². The second-order valence-electron chi connectivity index (χ2n) is 5.73. The van der Waals surface area contributed by atoms with E-state index in [0.717, 1.165) is 12.1 Å². The van der Waals surface area contributed by atoms with E-state index < -0.39 is 0 Å². The Morgan fingerprint density at radius 2 is 1.90 bits per heavy atom. The van der Waals surface area contributed by atoms with Crippen LogP contribution in [0.5, 0.6) is 0 Å². The average Bonchev–Trinajstić information content (AvgIpc) is 2.53. The van der Waals surface area contributed by atoms with Gasteiger partial charge in [-0.3, -0.25) is 4.79 Å². The minimum atomic E-state index is -0.148. The normalized spacial score (nSPS) is 15.1. The maximum absolute atomic E-state index is 12.4. The summed E-state index contributed by atoms with van der Waals surface area (Å²) < 4.78 is 0. The van der Waals surface area contributed by atoms with E-state index >= 15 is 0 Å². The van der Waals surface area contributed by atoms with Crippen molar-refractivity contribution in [1.82, 2.24) is 4.90 Å². The highest BCUT2D eigenvalue weighted by molar-refractivity contribution is 5.94. The molecule has 0 radical (unpaired) electrons. The van der Waals surface area contributed by atoms with Gasteiger partial charge in [0.25, 0.3) is 5.91 Å². The lowest BCUT2D eigenvalue weighted by Gasteiger charge is -2.27. The fourth-order valence-corrected chi connectivity index (χ4v) is 2.90. The smallest absolute Gasteiger partial charge is 0.253 e.